The van der Waals surface area contributed by atoms with E-state index in [-0.39, 0.29) is 17.7 Å². The third-order valence-corrected chi connectivity index (χ3v) is 4.71. The zero-order valence-electron chi connectivity index (χ0n) is 16.9. The van der Waals surface area contributed by atoms with E-state index >= 15 is 0 Å². The van der Waals surface area contributed by atoms with E-state index in [4.69, 9.17) is 0 Å². The van der Waals surface area contributed by atoms with E-state index in [1.54, 1.807) is 0 Å². The van der Waals surface area contributed by atoms with Crippen molar-refractivity contribution in [3.63, 3.8) is 0 Å². The summed E-state index contributed by atoms with van der Waals surface area (Å²) in [6.07, 6.45) is 8.48. The first-order valence-electron chi connectivity index (χ1n) is 9.93. The maximum atomic E-state index is 12.9. The van der Waals surface area contributed by atoms with Crippen LogP contribution in [0.5, 0.6) is 0 Å². The van der Waals surface area contributed by atoms with Crippen molar-refractivity contribution in [2.45, 2.75) is 66.3 Å². The van der Waals surface area contributed by atoms with Crippen LogP contribution in [0.25, 0.3) is 0 Å². The van der Waals surface area contributed by atoms with Crippen LogP contribution in [0.4, 0.5) is 0 Å². The third-order valence-electron chi connectivity index (χ3n) is 4.71. The lowest BCUT2D eigenvalue weighted by molar-refractivity contribution is -0.707. The predicted molar refractivity (Wildman–Crippen MR) is 104 cm³/mol. The van der Waals surface area contributed by atoms with Gasteiger partial charge in [-0.05, 0) is 26.2 Å². The van der Waals surface area contributed by atoms with Crippen LogP contribution in [0, 0.1) is 11.3 Å². The Morgan fingerprint density at radius 3 is 2.15 bits per heavy atom. The topological polar surface area (TPSA) is 62.1 Å². The predicted octanol–water partition coefficient (Wildman–Crippen LogP) is 2.84. The molecule has 0 aromatic carbocycles. The number of unbranched alkanes of at least 4 members (excludes halogenated alkanes) is 2. The standard InChI is InChI=1S/C21H35N3O2/c1-5-7-12-22-19(25)18(3)16-21(4,20(26)23-13-8-6-2)17-24-14-10-9-11-15-24/h9-11,14-15,18H,5-8,12-13,16-17H2,1-4H3,(H-,22,23,25,26)/p+1. The molecule has 5 nitrogen and oxygen atoms in total. The first-order chi connectivity index (χ1) is 12.4. The van der Waals surface area contributed by atoms with Crippen LogP contribution >= 0.6 is 0 Å². The number of carbonyl (C=O) groups excluding carboxylic acids is 2. The molecule has 146 valence electrons. The number of hydrogen-bond acceptors (Lipinski definition) is 2. The number of pyridine rings is 1. The average Bonchev–Trinajstić information content (AvgIpc) is 2.62. The Kier molecular flexibility index (Phi) is 9.92. The highest BCUT2D eigenvalue weighted by atomic mass is 16.2. The number of rotatable bonds is 12. The number of nitrogens with zero attached hydrogens (tertiary/aromatic N) is 1. The second-order valence-electron chi connectivity index (χ2n) is 7.47. The van der Waals surface area contributed by atoms with Gasteiger partial charge in [-0.3, -0.25) is 9.59 Å². The van der Waals surface area contributed by atoms with Crippen LogP contribution in [-0.2, 0) is 16.1 Å². The molecule has 2 atom stereocenters. The molecule has 0 spiro atoms. The Bertz CT molecular complexity index is 547. The smallest absolute Gasteiger partial charge is 0.232 e. The Hall–Kier alpha value is -1.91. The Morgan fingerprint density at radius 2 is 1.58 bits per heavy atom. The summed E-state index contributed by atoms with van der Waals surface area (Å²) in [5.74, 6) is -0.155. The first kappa shape index (κ1) is 22.1. The molecule has 2 N–H and O–H groups in total. The number of hydrogen-bond donors (Lipinski definition) is 2. The fourth-order valence-electron chi connectivity index (χ4n) is 3.09. The number of aromatic nitrogens is 1. The Labute approximate surface area is 158 Å². The van der Waals surface area contributed by atoms with E-state index in [0.717, 1.165) is 25.7 Å². The maximum absolute atomic E-state index is 12.9. The molecule has 0 aliphatic carbocycles. The molecule has 2 unspecified atom stereocenters. The lowest BCUT2D eigenvalue weighted by atomic mass is 9.79. The molecule has 1 aromatic rings. The molecule has 0 saturated carbocycles. The molecule has 0 saturated heterocycles. The molecule has 26 heavy (non-hydrogen) atoms. The molecule has 1 rings (SSSR count). The summed E-state index contributed by atoms with van der Waals surface area (Å²) < 4.78 is 2.01. The van der Waals surface area contributed by atoms with Gasteiger partial charge in [0.15, 0.2) is 18.9 Å². The van der Waals surface area contributed by atoms with Gasteiger partial charge in [-0.1, -0.05) is 39.7 Å². The van der Waals surface area contributed by atoms with Crippen LogP contribution in [0.1, 0.15) is 59.8 Å². The molecule has 2 amide bonds. The van der Waals surface area contributed by atoms with Crippen molar-refractivity contribution in [2.75, 3.05) is 13.1 Å². The van der Waals surface area contributed by atoms with E-state index in [2.05, 4.69) is 24.5 Å². The number of nitrogens with one attached hydrogen (secondary N) is 2. The third kappa shape index (κ3) is 7.54. The summed E-state index contributed by atoms with van der Waals surface area (Å²) in [6, 6.07) is 5.87. The summed E-state index contributed by atoms with van der Waals surface area (Å²) in [7, 11) is 0. The molecule has 0 radical (unpaired) electrons. The normalized spacial score (nSPS) is 14.3. The van der Waals surface area contributed by atoms with Gasteiger partial charge >= 0.3 is 0 Å². The van der Waals surface area contributed by atoms with Gasteiger partial charge < -0.3 is 10.6 Å². The van der Waals surface area contributed by atoms with E-state index in [9.17, 15) is 9.59 Å². The molecule has 0 aliphatic rings. The van der Waals surface area contributed by atoms with Gasteiger partial charge in [0.2, 0.25) is 11.8 Å². The molecular formula is C21H36N3O2+. The fourth-order valence-corrected chi connectivity index (χ4v) is 3.09. The second kappa shape index (κ2) is 11.7. The van der Waals surface area contributed by atoms with Gasteiger partial charge in [0.05, 0.1) is 0 Å². The van der Waals surface area contributed by atoms with E-state index < -0.39 is 5.41 Å². The van der Waals surface area contributed by atoms with Crippen LogP contribution < -0.4 is 15.2 Å². The van der Waals surface area contributed by atoms with Crippen molar-refractivity contribution in [3.05, 3.63) is 30.6 Å². The monoisotopic (exact) mass is 362 g/mol. The Morgan fingerprint density at radius 1 is 1.00 bits per heavy atom. The number of amides is 2. The van der Waals surface area contributed by atoms with Crippen molar-refractivity contribution in [3.8, 4) is 0 Å². The lowest BCUT2D eigenvalue weighted by Crippen LogP contribution is -2.51. The lowest BCUT2D eigenvalue weighted by Gasteiger charge is -2.28. The molecular weight excluding hydrogens is 326 g/mol. The Balaban J connectivity index is 2.81. The minimum absolute atomic E-state index is 0.0236. The van der Waals surface area contributed by atoms with E-state index in [1.165, 1.54) is 0 Å². The van der Waals surface area contributed by atoms with Gasteiger partial charge in [-0.2, -0.15) is 0 Å². The van der Waals surface area contributed by atoms with Gasteiger partial charge in [-0.15, -0.1) is 0 Å². The first-order valence-corrected chi connectivity index (χ1v) is 9.93. The van der Waals surface area contributed by atoms with Crippen molar-refractivity contribution in [1.82, 2.24) is 10.6 Å². The fraction of sp³-hybridized carbons (Fsp3) is 0.667. The summed E-state index contributed by atoms with van der Waals surface area (Å²) in [5, 5.41) is 6.04. The summed E-state index contributed by atoms with van der Waals surface area (Å²) >= 11 is 0. The summed E-state index contributed by atoms with van der Waals surface area (Å²) in [4.78, 5) is 25.3. The average molecular weight is 363 g/mol. The quantitative estimate of drug-likeness (QED) is 0.444. The molecule has 0 fully saturated rings. The highest BCUT2D eigenvalue weighted by Crippen LogP contribution is 2.27. The van der Waals surface area contributed by atoms with E-state index in [1.807, 2.05) is 49.0 Å². The minimum Gasteiger partial charge on any atom is -0.356 e. The largest absolute Gasteiger partial charge is 0.356 e. The molecule has 1 heterocycles. The highest BCUT2D eigenvalue weighted by molar-refractivity contribution is 5.84. The van der Waals surface area contributed by atoms with Crippen LogP contribution in [0.3, 0.4) is 0 Å². The molecule has 5 heteroatoms. The van der Waals surface area contributed by atoms with Crippen molar-refractivity contribution < 1.29 is 14.2 Å². The van der Waals surface area contributed by atoms with Gasteiger partial charge in [0.1, 0.15) is 5.41 Å². The van der Waals surface area contributed by atoms with Crippen LogP contribution in [0.2, 0.25) is 0 Å². The van der Waals surface area contributed by atoms with Crippen molar-refractivity contribution >= 4 is 11.8 Å². The number of carbonyl (C=O) groups is 2. The summed E-state index contributed by atoms with van der Waals surface area (Å²) in [5.41, 5.74) is -0.638. The van der Waals surface area contributed by atoms with Gasteiger partial charge in [0, 0.05) is 31.1 Å². The molecule has 0 bridgehead atoms. The zero-order valence-corrected chi connectivity index (χ0v) is 16.9. The minimum atomic E-state index is -0.638. The SMILES string of the molecule is CCCCNC(=O)C(C)CC(C)(C[n+]1ccccc1)C(=O)NCCCC. The molecule has 0 aliphatic heterocycles. The maximum Gasteiger partial charge on any atom is 0.232 e. The van der Waals surface area contributed by atoms with Gasteiger partial charge in [-0.25, -0.2) is 4.57 Å². The summed E-state index contributed by atoms with van der Waals surface area (Å²) in [6.45, 7) is 10.0. The zero-order chi connectivity index (χ0) is 19.4. The highest BCUT2D eigenvalue weighted by Gasteiger charge is 2.40. The van der Waals surface area contributed by atoms with Crippen molar-refractivity contribution in [1.29, 1.82) is 0 Å². The van der Waals surface area contributed by atoms with Crippen LogP contribution in [0.15, 0.2) is 30.6 Å². The van der Waals surface area contributed by atoms with Gasteiger partial charge in [0.25, 0.3) is 0 Å². The molecule has 1 aromatic heterocycles. The second-order valence-corrected chi connectivity index (χ2v) is 7.47. The van der Waals surface area contributed by atoms with E-state index in [0.29, 0.717) is 26.1 Å². The van der Waals surface area contributed by atoms with Crippen LogP contribution in [-0.4, -0.2) is 24.9 Å². The van der Waals surface area contributed by atoms with Crippen molar-refractivity contribution in [2.24, 2.45) is 11.3 Å².